The van der Waals surface area contributed by atoms with E-state index in [0.717, 1.165) is 29.0 Å². The molecule has 0 spiro atoms. The van der Waals surface area contributed by atoms with Crippen molar-refractivity contribution in [2.24, 2.45) is 5.92 Å². The zero-order valence-electron chi connectivity index (χ0n) is 18.0. The SMILES string of the molecule is CCOC(=O)c1ccc2c(c1)[C@@H]1[C@@H](CCC(=O)N1Cc1ccccc1)[C@@H](c1ccco1)N2. The third-order valence-electron chi connectivity index (χ3n) is 6.42. The molecule has 6 nitrogen and oxygen atoms in total. The maximum Gasteiger partial charge on any atom is 0.338 e. The number of nitrogens with one attached hydrogen (secondary N) is 1. The highest BCUT2D eigenvalue weighted by atomic mass is 16.5. The molecule has 2 aromatic carbocycles. The number of benzene rings is 2. The van der Waals surface area contributed by atoms with E-state index >= 15 is 0 Å². The number of amides is 1. The van der Waals surface area contributed by atoms with Gasteiger partial charge in [0.05, 0.1) is 30.5 Å². The van der Waals surface area contributed by atoms with Crippen LogP contribution in [-0.4, -0.2) is 23.4 Å². The van der Waals surface area contributed by atoms with E-state index in [4.69, 9.17) is 9.15 Å². The number of carbonyl (C=O) groups is 2. The molecule has 3 aromatic rings. The Morgan fingerprint density at radius 2 is 2.00 bits per heavy atom. The minimum atomic E-state index is -0.350. The second kappa shape index (κ2) is 8.54. The van der Waals surface area contributed by atoms with Gasteiger partial charge in [0.1, 0.15) is 5.76 Å². The molecule has 2 aliphatic rings. The Hall–Kier alpha value is -3.54. The lowest BCUT2D eigenvalue weighted by Gasteiger charge is -2.48. The fourth-order valence-electron chi connectivity index (χ4n) is 5.00. The van der Waals surface area contributed by atoms with E-state index in [0.29, 0.717) is 25.1 Å². The molecular weight excluding hydrogens is 404 g/mol. The Labute approximate surface area is 187 Å². The summed E-state index contributed by atoms with van der Waals surface area (Å²) in [6.45, 7) is 2.64. The number of ether oxygens (including phenoxy) is 1. The van der Waals surface area contributed by atoms with Crippen molar-refractivity contribution < 1.29 is 18.7 Å². The molecule has 1 N–H and O–H groups in total. The molecule has 1 fully saturated rings. The molecule has 1 amide bonds. The molecule has 164 valence electrons. The van der Waals surface area contributed by atoms with Gasteiger partial charge in [-0.3, -0.25) is 4.79 Å². The molecule has 3 atom stereocenters. The monoisotopic (exact) mass is 430 g/mol. The Morgan fingerprint density at radius 1 is 1.16 bits per heavy atom. The van der Waals surface area contributed by atoms with Gasteiger partial charge in [0.25, 0.3) is 0 Å². The second-order valence-corrected chi connectivity index (χ2v) is 8.31. The highest BCUT2D eigenvalue weighted by molar-refractivity contribution is 5.90. The van der Waals surface area contributed by atoms with Crippen LogP contribution >= 0.6 is 0 Å². The molecule has 1 aromatic heterocycles. The van der Waals surface area contributed by atoms with Crippen molar-refractivity contribution in [2.75, 3.05) is 11.9 Å². The van der Waals surface area contributed by atoms with Gasteiger partial charge < -0.3 is 19.4 Å². The van der Waals surface area contributed by atoms with Gasteiger partial charge in [0.15, 0.2) is 0 Å². The van der Waals surface area contributed by atoms with Crippen LogP contribution in [0.3, 0.4) is 0 Å². The Kier molecular flexibility index (Phi) is 5.43. The summed E-state index contributed by atoms with van der Waals surface area (Å²) in [5.41, 5.74) is 3.44. The van der Waals surface area contributed by atoms with E-state index in [1.54, 1.807) is 19.3 Å². The smallest absolute Gasteiger partial charge is 0.338 e. The lowest BCUT2D eigenvalue weighted by atomic mass is 9.75. The molecule has 0 bridgehead atoms. The molecule has 3 heterocycles. The normalized spacial score (nSPS) is 22.0. The number of nitrogens with zero attached hydrogens (tertiary/aromatic N) is 1. The number of anilines is 1. The lowest BCUT2D eigenvalue weighted by Crippen LogP contribution is -2.47. The summed E-state index contributed by atoms with van der Waals surface area (Å²) in [4.78, 5) is 27.6. The first-order valence-electron chi connectivity index (χ1n) is 11.1. The minimum Gasteiger partial charge on any atom is -0.467 e. The molecule has 2 aliphatic heterocycles. The lowest BCUT2D eigenvalue weighted by molar-refractivity contribution is -0.140. The number of carbonyl (C=O) groups excluding carboxylic acids is 2. The van der Waals surface area contributed by atoms with Crippen molar-refractivity contribution in [3.05, 3.63) is 89.4 Å². The van der Waals surface area contributed by atoms with Crippen LogP contribution in [0.5, 0.6) is 0 Å². The van der Waals surface area contributed by atoms with Gasteiger partial charge >= 0.3 is 5.97 Å². The van der Waals surface area contributed by atoms with Crippen molar-refractivity contribution in [3.8, 4) is 0 Å². The van der Waals surface area contributed by atoms with Crippen LogP contribution in [0, 0.1) is 5.92 Å². The first-order chi connectivity index (χ1) is 15.7. The fraction of sp³-hybridized carbons (Fsp3) is 0.308. The third kappa shape index (κ3) is 3.66. The Bertz CT molecular complexity index is 1110. The van der Waals surface area contributed by atoms with Crippen LogP contribution in [0.1, 0.15) is 59.1 Å². The zero-order chi connectivity index (χ0) is 22.1. The average molecular weight is 431 g/mol. The predicted molar refractivity (Wildman–Crippen MR) is 120 cm³/mol. The van der Waals surface area contributed by atoms with E-state index in [2.05, 4.69) is 5.32 Å². The molecule has 5 rings (SSSR count). The number of fused-ring (bicyclic) bond motifs is 3. The van der Waals surface area contributed by atoms with Crippen LogP contribution in [0.4, 0.5) is 5.69 Å². The third-order valence-corrected chi connectivity index (χ3v) is 6.42. The van der Waals surface area contributed by atoms with E-state index in [-0.39, 0.29) is 29.9 Å². The number of likely N-dealkylation sites (tertiary alicyclic amines) is 1. The van der Waals surface area contributed by atoms with Crippen molar-refractivity contribution in [1.29, 1.82) is 0 Å². The molecule has 0 unspecified atom stereocenters. The fourth-order valence-corrected chi connectivity index (χ4v) is 5.00. The summed E-state index contributed by atoms with van der Waals surface area (Å²) in [7, 11) is 0. The molecule has 0 aliphatic carbocycles. The summed E-state index contributed by atoms with van der Waals surface area (Å²) in [6, 6.07) is 19.2. The number of piperidine rings is 1. The quantitative estimate of drug-likeness (QED) is 0.570. The Balaban J connectivity index is 1.60. The van der Waals surface area contributed by atoms with E-state index < -0.39 is 0 Å². The first-order valence-corrected chi connectivity index (χ1v) is 11.1. The van der Waals surface area contributed by atoms with Gasteiger partial charge in [-0.05, 0) is 54.8 Å². The van der Waals surface area contributed by atoms with Gasteiger partial charge in [-0.1, -0.05) is 30.3 Å². The highest BCUT2D eigenvalue weighted by Crippen LogP contribution is 2.51. The highest BCUT2D eigenvalue weighted by Gasteiger charge is 2.46. The van der Waals surface area contributed by atoms with E-state index in [1.165, 1.54) is 0 Å². The molecule has 6 heteroatoms. The summed E-state index contributed by atoms with van der Waals surface area (Å²) >= 11 is 0. The molecule has 1 saturated heterocycles. The zero-order valence-corrected chi connectivity index (χ0v) is 18.0. The van der Waals surface area contributed by atoms with Crippen molar-refractivity contribution in [3.63, 3.8) is 0 Å². The van der Waals surface area contributed by atoms with E-state index in [1.807, 2.05) is 59.5 Å². The minimum absolute atomic E-state index is 0.0534. The van der Waals surface area contributed by atoms with Crippen molar-refractivity contribution in [2.45, 2.75) is 38.4 Å². The van der Waals surface area contributed by atoms with Crippen LogP contribution in [0.2, 0.25) is 0 Å². The number of rotatable bonds is 5. The topological polar surface area (TPSA) is 71.8 Å². The number of furan rings is 1. The van der Waals surface area contributed by atoms with Crippen LogP contribution in [0.25, 0.3) is 0 Å². The second-order valence-electron chi connectivity index (χ2n) is 8.31. The summed E-state index contributed by atoms with van der Waals surface area (Å²) in [6.07, 6.45) is 2.91. The molecule has 0 radical (unpaired) electrons. The maximum atomic E-state index is 13.2. The standard InChI is InChI=1S/C26H26N2O4/c1-2-31-26(30)18-10-12-21-20(15-18)25-19(24(27-21)22-9-6-14-32-22)11-13-23(29)28(25)16-17-7-4-3-5-8-17/h3-10,12,14-15,19,24-25,27H,2,11,13,16H2,1H3/t19-,24-,25-/m0/s1. The maximum absolute atomic E-state index is 13.2. The number of hydrogen-bond acceptors (Lipinski definition) is 5. The molecule has 32 heavy (non-hydrogen) atoms. The molecular formula is C26H26N2O4. The Morgan fingerprint density at radius 3 is 2.75 bits per heavy atom. The molecule has 0 saturated carbocycles. The van der Waals surface area contributed by atoms with Crippen LogP contribution in [0.15, 0.2) is 71.3 Å². The van der Waals surface area contributed by atoms with Crippen molar-refractivity contribution in [1.82, 2.24) is 4.90 Å². The summed E-state index contributed by atoms with van der Waals surface area (Å²) in [5.74, 6) is 0.751. The van der Waals surface area contributed by atoms with E-state index in [9.17, 15) is 9.59 Å². The predicted octanol–water partition coefficient (Wildman–Crippen LogP) is 5.10. The first kappa shape index (κ1) is 20.4. The summed E-state index contributed by atoms with van der Waals surface area (Å²) in [5, 5.41) is 3.61. The van der Waals surface area contributed by atoms with Gasteiger partial charge in [0.2, 0.25) is 5.91 Å². The van der Waals surface area contributed by atoms with Gasteiger partial charge in [-0.25, -0.2) is 4.79 Å². The van der Waals surface area contributed by atoms with Gasteiger partial charge in [-0.15, -0.1) is 0 Å². The van der Waals surface area contributed by atoms with Crippen LogP contribution in [-0.2, 0) is 16.1 Å². The van der Waals surface area contributed by atoms with Gasteiger partial charge in [0, 0.05) is 24.6 Å². The number of esters is 1. The average Bonchev–Trinajstić information content (AvgIpc) is 3.35. The van der Waals surface area contributed by atoms with Crippen molar-refractivity contribution >= 4 is 17.6 Å². The number of hydrogen-bond donors (Lipinski definition) is 1. The van der Waals surface area contributed by atoms with Crippen LogP contribution < -0.4 is 5.32 Å². The van der Waals surface area contributed by atoms with Gasteiger partial charge in [-0.2, -0.15) is 0 Å². The largest absolute Gasteiger partial charge is 0.467 e. The summed E-state index contributed by atoms with van der Waals surface area (Å²) < 4.78 is 11.0.